The van der Waals surface area contributed by atoms with Crippen LogP contribution < -0.4 is 10.1 Å². The molecular weight excluding hydrogens is 260 g/mol. The molecule has 0 bridgehead atoms. The Hall–Kier alpha value is -1.20. The predicted molar refractivity (Wildman–Crippen MR) is 77.2 cm³/mol. The standard InChI is InChI=1S/C14H20N2O2S/c1-3-15-8-9-16-13(17)10-19-14(16)11-4-6-12(18-2)7-5-11/h4-7,14-15H,3,8-10H2,1-2H3/p+1/t14-/m1/s1. The maximum Gasteiger partial charge on any atom is 0.234 e. The van der Waals surface area contributed by atoms with Gasteiger partial charge >= 0.3 is 0 Å². The normalized spacial score (nSPS) is 18.9. The molecule has 1 amide bonds. The fourth-order valence-electron chi connectivity index (χ4n) is 2.18. The zero-order chi connectivity index (χ0) is 13.7. The third kappa shape index (κ3) is 3.42. The third-order valence-electron chi connectivity index (χ3n) is 3.23. The number of ether oxygens (including phenoxy) is 1. The number of nitrogens with two attached hydrogens (primary N) is 1. The van der Waals surface area contributed by atoms with Crippen molar-refractivity contribution < 1.29 is 14.8 Å². The first-order valence-electron chi connectivity index (χ1n) is 6.63. The summed E-state index contributed by atoms with van der Waals surface area (Å²) in [6.07, 6.45) is 0. The SMILES string of the molecule is CC[NH2+]CCN1C(=O)CS[C@@H]1c1ccc(OC)cc1. The number of rotatable bonds is 6. The van der Waals surface area contributed by atoms with Gasteiger partial charge in [0.15, 0.2) is 0 Å². The summed E-state index contributed by atoms with van der Waals surface area (Å²) in [4.78, 5) is 13.9. The van der Waals surface area contributed by atoms with Crippen LogP contribution in [0.15, 0.2) is 24.3 Å². The summed E-state index contributed by atoms with van der Waals surface area (Å²) in [6, 6.07) is 8.00. The summed E-state index contributed by atoms with van der Waals surface area (Å²) < 4.78 is 5.17. The first-order valence-corrected chi connectivity index (χ1v) is 7.67. The van der Waals surface area contributed by atoms with Crippen LogP contribution in [0.2, 0.25) is 0 Å². The van der Waals surface area contributed by atoms with Crippen molar-refractivity contribution in [3.05, 3.63) is 29.8 Å². The van der Waals surface area contributed by atoms with Crippen molar-refractivity contribution in [3.63, 3.8) is 0 Å². The van der Waals surface area contributed by atoms with Crippen molar-refractivity contribution in [2.45, 2.75) is 12.3 Å². The molecule has 2 rings (SSSR count). The molecule has 0 radical (unpaired) electrons. The van der Waals surface area contributed by atoms with E-state index in [1.165, 1.54) is 5.56 Å². The molecule has 1 aromatic carbocycles. The molecule has 1 aliphatic rings. The largest absolute Gasteiger partial charge is 0.497 e. The average Bonchev–Trinajstić information content (AvgIpc) is 2.81. The van der Waals surface area contributed by atoms with Crippen LogP contribution in [0.3, 0.4) is 0 Å². The average molecular weight is 281 g/mol. The van der Waals surface area contributed by atoms with Gasteiger partial charge in [0.05, 0.1) is 32.5 Å². The highest BCUT2D eigenvalue weighted by Crippen LogP contribution is 2.38. The number of methoxy groups -OCH3 is 1. The topological polar surface area (TPSA) is 46.2 Å². The highest BCUT2D eigenvalue weighted by molar-refractivity contribution is 8.00. The van der Waals surface area contributed by atoms with Gasteiger partial charge in [0.1, 0.15) is 11.1 Å². The second-order valence-electron chi connectivity index (χ2n) is 4.51. The monoisotopic (exact) mass is 281 g/mol. The zero-order valence-corrected chi connectivity index (χ0v) is 12.3. The van der Waals surface area contributed by atoms with Crippen molar-refractivity contribution in [3.8, 4) is 5.75 Å². The van der Waals surface area contributed by atoms with Gasteiger partial charge in [0, 0.05) is 0 Å². The Bertz CT molecular complexity index is 422. The molecule has 1 saturated heterocycles. The van der Waals surface area contributed by atoms with E-state index in [1.54, 1.807) is 18.9 Å². The van der Waals surface area contributed by atoms with Crippen LogP contribution in [0, 0.1) is 0 Å². The van der Waals surface area contributed by atoms with E-state index >= 15 is 0 Å². The van der Waals surface area contributed by atoms with E-state index in [2.05, 4.69) is 12.2 Å². The summed E-state index contributed by atoms with van der Waals surface area (Å²) in [7, 11) is 1.66. The second kappa shape index (κ2) is 6.82. The number of nitrogens with zero attached hydrogens (tertiary/aromatic N) is 1. The highest BCUT2D eigenvalue weighted by Gasteiger charge is 2.32. The molecule has 1 atom stereocenters. The number of hydrogen-bond donors (Lipinski definition) is 1. The van der Waals surface area contributed by atoms with Gasteiger partial charge in [0.2, 0.25) is 5.91 Å². The molecule has 1 aromatic rings. The van der Waals surface area contributed by atoms with Crippen molar-refractivity contribution in [1.29, 1.82) is 0 Å². The lowest BCUT2D eigenvalue weighted by Crippen LogP contribution is -2.85. The van der Waals surface area contributed by atoms with Crippen molar-refractivity contribution >= 4 is 17.7 Å². The van der Waals surface area contributed by atoms with Crippen LogP contribution >= 0.6 is 11.8 Å². The van der Waals surface area contributed by atoms with Crippen molar-refractivity contribution in [2.24, 2.45) is 0 Å². The lowest BCUT2D eigenvalue weighted by Gasteiger charge is -2.23. The first kappa shape index (κ1) is 14.2. The van der Waals surface area contributed by atoms with Crippen LogP contribution in [0.1, 0.15) is 17.9 Å². The number of likely N-dealkylation sites (N-methyl/N-ethyl adjacent to an activating group) is 1. The van der Waals surface area contributed by atoms with Gasteiger partial charge in [-0.1, -0.05) is 12.1 Å². The van der Waals surface area contributed by atoms with E-state index in [-0.39, 0.29) is 11.3 Å². The summed E-state index contributed by atoms with van der Waals surface area (Å²) >= 11 is 1.70. The van der Waals surface area contributed by atoms with Gasteiger partial charge in [-0.3, -0.25) is 4.79 Å². The fourth-order valence-corrected chi connectivity index (χ4v) is 3.39. The zero-order valence-electron chi connectivity index (χ0n) is 11.5. The predicted octanol–water partition coefficient (Wildman–Crippen LogP) is 0.853. The molecule has 1 fully saturated rings. The lowest BCUT2D eigenvalue weighted by atomic mass is 10.2. The van der Waals surface area contributed by atoms with Crippen LogP contribution in [0.4, 0.5) is 0 Å². The van der Waals surface area contributed by atoms with Crippen molar-refractivity contribution in [2.75, 3.05) is 32.5 Å². The molecule has 5 heteroatoms. The van der Waals surface area contributed by atoms with Gasteiger partial charge in [-0.2, -0.15) is 0 Å². The first-order chi connectivity index (χ1) is 9.26. The summed E-state index contributed by atoms with van der Waals surface area (Å²) in [6.45, 7) is 4.97. The molecular formula is C14H21N2O2S+. The van der Waals surface area contributed by atoms with E-state index in [0.29, 0.717) is 5.75 Å². The van der Waals surface area contributed by atoms with E-state index < -0.39 is 0 Å². The van der Waals surface area contributed by atoms with E-state index in [0.717, 1.165) is 25.4 Å². The summed E-state index contributed by atoms with van der Waals surface area (Å²) in [5.41, 5.74) is 1.17. The maximum absolute atomic E-state index is 11.9. The van der Waals surface area contributed by atoms with E-state index in [1.807, 2.05) is 29.2 Å². The highest BCUT2D eigenvalue weighted by atomic mass is 32.2. The summed E-state index contributed by atoms with van der Waals surface area (Å²) in [5, 5.41) is 2.38. The number of quaternary nitrogens is 1. The second-order valence-corrected chi connectivity index (χ2v) is 5.58. The van der Waals surface area contributed by atoms with Gasteiger partial charge in [-0.05, 0) is 24.6 Å². The molecule has 0 aliphatic carbocycles. The minimum atomic E-state index is 0.156. The molecule has 0 unspecified atom stereocenters. The Morgan fingerprint density at radius 2 is 2.16 bits per heavy atom. The maximum atomic E-state index is 11.9. The molecule has 1 aliphatic heterocycles. The van der Waals surface area contributed by atoms with Crippen LogP contribution in [0.5, 0.6) is 5.75 Å². The third-order valence-corrected chi connectivity index (χ3v) is 4.49. The van der Waals surface area contributed by atoms with Gasteiger partial charge < -0.3 is 15.0 Å². The minimum Gasteiger partial charge on any atom is -0.497 e. The smallest absolute Gasteiger partial charge is 0.234 e. The number of amides is 1. The molecule has 0 aromatic heterocycles. The Morgan fingerprint density at radius 3 is 2.79 bits per heavy atom. The lowest BCUT2D eigenvalue weighted by molar-refractivity contribution is -0.651. The van der Waals surface area contributed by atoms with Crippen molar-refractivity contribution in [1.82, 2.24) is 4.90 Å². The minimum absolute atomic E-state index is 0.156. The molecule has 2 N–H and O–H groups in total. The quantitative estimate of drug-likeness (QED) is 0.787. The fraction of sp³-hybridized carbons (Fsp3) is 0.500. The Balaban J connectivity index is 2.05. The van der Waals surface area contributed by atoms with Crippen LogP contribution in [0.25, 0.3) is 0 Å². The Labute approximate surface area is 118 Å². The van der Waals surface area contributed by atoms with E-state index in [9.17, 15) is 4.79 Å². The summed E-state index contributed by atoms with van der Waals surface area (Å²) in [5.74, 6) is 1.68. The van der Waals surface area contributed by atoms with Gasteiger partial charge in [-0.15, -0.1) is 11.8 Å². The molecule has 4 nitrogen and oxygen atoms in total. The molecule has 0 saturated carbocycles. The van der Waals surface area contributed by atoms with Crippen LogP contribution in [-0.2, 0) is 4.79 Å². The molecule has 0 spiro atoms. The number of carbonyl (C=O) groups is 1. The van der Waals surface area contributed by atoms with Crippen LogP contribution in [-0.4, -0.2) is 43.3 Å². The molecule has 1 heterocycles. The number of thioether (sulfide) groups is 1. The van der Waals surface area contributed by atoms with E-state index in [4.69, 9.17) is 4.74 Å². The van der Waals surface area contributed by atoms with Gasteiger partial charge in [0.25, 0.3) is 0 Å². The Kier molecular flexibility index (Phi) is 5.10. The number of benzene rings is 1. The van der Waals surface area contributed by atoms with Gasteiger partial charge in [-0.25, -0.2) is 0 Å². The Morgan fingerprint density at radius 1 is 1.42 bits per heavy atom. The molecule has 19 heavy (non-hydrogen) atoms. The number of carbonyl (C=O) groups excluding carboxylic acids is 1. The number of hydrogen-bond acceptors (Lipinski definition) is 3. The molecule has 104 valence electrons.